The number of benzene rings is 1. The number of methoxy groups -OCH3 is 1. The minimum atomic E-state index is -1.77. The first-order chi connectivity index (χ1) is 19.9. The number of nitrogens with one attached hydrogen (secondary N) is 3. The zero-order valence-electron chi connectivity index (χ0n) is 22.1. The maximum Gasteiger partial charge on any atom is 0.342 e. The second kappa shape index (κ2) is 13.8. The summed E-state index contributed by atoms with van der Waals surface area (Å²) in [7, 11) is 1.11. The topological polar surface area (TPSA) is 227 Å². The van der Waals surface area contributed by atoms with Crippen molar-refractivity contribution in [3.05, 3.63) is 51.0 Å². The van der Waals surface area contributed by atoms with Crippen LogP contribution in [0.25, 0.3) is 0 Å². The highest BCUT2D eigenvalue weighted by atomic mass is 35.5. The van der Waals surface area contributed by atoms with Crippen LogP contribution in [0.15, 0.2) is 34.8 Å². The Labute approximate surface area is 245 Å². The fraction of sp³-hybridized carbons (Fsp3) is 0.348. The Hall–Kier alpha value is -4.68. The third-order valence-electron chi connectivity index (χ3n) is 5.37. The Bertz CT molecular complexity index is 1410. The number of carbonyl (C=O) groups is 5. The van der Waals surface area contributed by atoms with Crippen molar-refractivity contribution in [1.29, 1.82) is 0 Å². The van der Waals surface area contributed by atoms with Gasteiger partial charge >= 0.3 is 11.9 Å². The van der Waals surface area contributed by atoms with E-state index < -0.39 is 58.0 Å². The molecule has 2 aromatic rings. The number of anilines is 1. The first-order valence-corrected chi connectivity index (χ1v) is 13.1. The summed E-state index contributed by atoms with van der Waals surface area (Å²) < 4.78 is 9.76. The predicted molar refractivity (Wildman–Crippen MR) is 143 cm³/mol. The third-order valence-corrected chi connectivity index (χ3v) is 6.37. The zero-order valence-corrected chi connectivity index (χ0v) is 23.6. The molecule has 1 aliphatic rings. The molecule has 2 unspecified atom stereocenters. The molecule has 1 aromatic heterocycles. The van der Waals surface area contributed by atoms with E-state index in [-0.39, 0.29) is 29.0 Å². The normalized spacial score (nSPS) is 16.4. The van der Waals surface area contributed by atoms with E-state index in [1.54, 1.807) is 0 Å². The fourth-order valence-corrected chi connectivity index (χ4v) is 3.86. The number of rotatable bonds is 13. The van der Waals surface area contributed by atoms with Gasteiger partial charge in [0, 0.05) is 17.5 Å². The SMILES string of the molecule is COC(=O)C1NC(=O)C1NC(=O)C(=NOOC(C)(C)C(=O)OCc1ccc([N+](=O)[O-])cc1)c1csc(NC(=O)CCl)n1. The molecule has 2 atom stereocenters. The smallest absolute Gasteiger partial charge is 0.342 e. The van der Waals surface area contributed by atoms with E-state index in [0.29, 0.717) is 5.56 Å². The number of aromatic nitrogens is 1. The average Bonchev–Trinajstić information content (AvgIpc) is 3.42. The second-order valence-electron chi connectivity index (χ2n) is 8.79. The van der Waals surface area contributed by atoms with E-state index in [1.165, 1.54) is 43.5 Å². The van der Waals surface area contributed by atoms with E-state index in [0.717, 1.165) is 18.4 Å². The van der Waals surface area contributed by atoms with Gasteiger partial charge < -0.3 is 25.4 Å². The van der Waals surface area contributed by atoms with Gasteiger partial charge in [0.05, 0.1) is 12.0 Å². The van der Waals surface area contributed by atoms with Gasteiger partial charge in [-0.15, -0.1) is 27.8 Å². The van der Waals surface area contributed by atoms with Crippen molar-refractivity contribution in [2.45, 2.75) is 38.1 Å². The van der Waals surface area contributed by atoms with Gasteiger partial charge in [-0.25, -0.2) is 19.6 Å². The molecule has 0 bridgehead atoms. The monoisotopic (exact) mass is 626 g/mol. The van der Waals surface area contributed by atoms with Gasteiger partial charge in [0.1, 0.15) is 24.2 Å². The van der Waals surface area contributed by atoms with Crippen LogP contribution in [0.5, 0.6) is 0 Å². The maximum absolute atomic E-state index is 13.1. The van der Waals surface area contributed by atoms with Crippen LogP contribution in [0.1, 0.15) is 25.1 Å². The molecule has 3 rings (SSSR count). The molecule has 3 N–H and O–H groups in total. The van der Waals surface area contributed by atoms with E-state index in [4.69, 9.17) is 26.2 Å². The number of hydrogen-bond donors (Lipinski definition) is 3. The average molecular weight is 627 g/mol. The van der Waals surface area contributed by atoms with Gasteiger partial charge in [0.2, 0.25) is 17.4 Å². The summed E-state index contributed by atoms with van der Waals surface area (Å²) in [5.74, 6) is -4.32. The van der Waals surface area contributed by atoms with Gasteiger partial charge in [-0.3, -0.25) is 24.5 Å². The Morgan fingerprint density at radius 2 is 1.93 bits per heavy atom. The summed E-state index contributed by atoms with van der Waals surface area (Å²) in [5, 5.41) is 22.8. The fourth-order valence-electron chi connectivity index (χ4n) is 3.08. The van der Waals surface area contributed by atoms with E-state index in [2.05, 4.69) is 30.8 Å². The molecule has 1 saturated heterocycles. The minimum absolute atomic E-state index is 0.0565. The van der Waals surface area contributed by atoms with Crippen LogP contribution < -0.4 is 16.0 Å². The molecule has 42 heavy (non-hydrogen) atoms. The summed E-state index contributed by atoms with van der Waals surface area (Å²) >= 11 is 6.39. The molecule has 1 fully saturated rings. The zero-order chi connectivity index (χ0) is 31.0. The first kappa shape index (κ1) is 31.8. The Balaban J connectivity index is 1.71. The summed E-state index contributed by atoms with van der Waals surface area (Å²) in [4.78, 5) is 85.2. The molecule has 1 aromatic carbocycles. The number of esters is 2. The van der Waals surface area contributed by atoms with Gasteiger partial charge in [-0.1, -0.05) is 0 Å². The number of amides is 3. The standard InChI is InChI=1S/C23H23ClN6O11S/c1-23(2,21(35)39-9-11-4-6-12(7-5-11)30(36)37)40-41-29-15(13-10-42-22(25-13)26-14(31)8-24)18(32)27-16-17(20(34)38-3)28-19(16)33/h4-7,10,16-17H,8-9H2,1-3H3,(H,27,32)(H,28,33)(H,25,26,31). The molecular weight excluding hydrogens is 604 g/mol. The Morgan fingerprint density at radius 1 is 1.24 bits per heavy atom. The summed E-state index contributed by atoms with van der Waals surface area (Å²) in [5.41, 5.74) is -2.10. The highest BCUT2D eigenvalue weighted by Crippen LogP contribution is 2.19. The van der Waals surface area contributed by atoms with Crippen molar-refractivity contribution in [1.82, 2.24) is 15.6 Å². The number of hydrogen-bond acceptors (Lipinski definition) is 14. The van der Waals surface area contributed by atoms with Gasteiger partial charge in [0.15, 0.2) is 16.9 Å². The molecule has 2 heterocycles. The molecule has 224 valence electrons. The van der Waals surface area contributed by atoms with Crippen molar-refractivity contribution < 1.29 is 48.2 Å². The molecule has 0 radical (unpaired) electrons. The molecular formula is C23H23ClN6O11S. The van der Waals surface area contributed by atoms with Crippen molar-refractivity contribution >= 4 is 69.1 Å². The number of nitro groups is 1. The lowest BCUT2D eigenvalue weighted by Crippen LogP contribution is -2.72. The Morgan fingerprint density at radius 3 is 2.52 bits per heavy atom. The summed E-state index contributed by atoms with van der Waals surface area (Å²) in [6.45, 7) is 2.33. The number of oxime groups is 1. The number of nitrogens with zero attached hydrogens (tertiary/aromatic N) is 3. The molecule has 0 saturated carbocycles. The van der Waals surface area contributed by atoms with E-state index >= 15 is 0 Å². The molecule has 0 aliphatic carbocycles. The highest BCUT2D eigenvalue weighted by molar-refractivity contribution is 7.14. The van der Waals surface area contributed by atoms with Crippen LogP contribution in [-0.4, -0.2) is 76.0 Å². The van der Waals surface area contributed by atoms with Crippen LogP contribution >= 0.6 is 22.9 Å². The quantitative estimate of drug-likeness (QED) is 0.0527. The van der Waals surface area contributed by atoms with Crippen molar-refractivity contribution in [3.8, 4) is 0 Å². The number of thiazole rings is 1. The van der Waals surface area contributed by atoms with Crippen molar-refractivity contribution in [3.63, 3.8) is 0 Å². The van der Waals surface area contributed by atoms with Crippen LogP contribution in [0.2, 0.25) is 0 Å². The summed E-state index contributed by atoms with van der Waals surface area (Å²) in [6, 6.07) is 2.88. The van der Waals surface area contributed by atoms with Crippen LogP contribution in [0, 0.1) is 10.1 Å². The van der Waals surface area contributed by atoms with E-state index in [9.17, 15) is 34.1 Å². The number of β-lactam (4-membered cyclic amide) rings is 1. The largest absolute Gasteiger partial charge is 0.467 e. The first-order valence-electron chi connectivity index (χ1n) is 11.7. The highest BCUT2D eigenvalue weighted by Gasteiger charge is 2.46. The second-order valence-corrected chi connectivity index (χ2v) is 9.91. The number of alkyl halides is 1. The van der Waals surface area contributed by atoms with Crippen LogP contribution in [0.3, 0.4) is 0 Å². The number of ether oxygens (including phenoxy) is 2. The number of nitro benzene ring substituents is 1. The maximum atomic E-state index is 13.1. The van der Waals surface area contributed by atoms with Gasteiger partial charge in [-0.2, -0.15) is 0 Å². The van der Waals surface area contributed by atoms with Gasteiger partial charge in [-0.05, 0) is 36.7 Å². The lowest BCUT2D eigenvalue weighted by atomic mass is 9.99. The predicted octanol–water partition coefficient (Wildman–Crippen LogP) is 0.559. The van der Waals surface area contributed by atoms with Crippen LogP contribution in [-0.2, 0) is 49.9 Å². The minimum Gasteiger partial charge on any atom is -0.467 e. The number of non-ortho nitro benzene ring substituents is 1. The van der Waals surface area contributed by atoms with Crippen molar-refractivity contribution in [2.75, 3.05) is 18.3 Å². The van der Waals surface area contributed by atoms with Crippen LogP contribution in [0.4, 0.5) is 10.8 Å². The van der Waals surface area contributed by atoms with Crippen molar-refractivity contribution in [2.24, 2.45) is 5.16 Å². The lowest BCUT2D eigenvalue weighted by Gasteiger charge is -2.34. The molecule has 19 heteroatoms. The Kier molecular flexibility index (Phi) is 10.5. The molecule has 1 aliphatic heterocycles. The molecule has 3 amide bonds. The molecule has 17 nitrogen and oxygen atoms in total. The summed E-state index contributed by atoms with van der Waals surface area (Å²) in [6.07, 6.45) is 0. The number of halogens is 1. The van der Waals surface area contributed by atoms with E-state index in [1.807, 2.05) is 0 Å². The molecule has 0 spiro atoms. The third kappa shape index (κ3) is 7.95. The lowest BCUT2D eigenvalue weighted by molar-refractivity contribution is -0.384. The van der Waals surface area contributed by atoms with Gasteiger partial charge in [0.25, 0.3) is 11.6 Å². The number of carbonyl (C=O) groups excluding carboxylic acids is 5.